The van der Waals surface area contributed by atoms with Gasteiger partial charge in [-0.05, 0) is 30.3 Å². The highest BCUT2D eigenvalue weighted by atomic mass is 35.5. The zero-order chi connectivity index (χ0) is 18.6. The number of carbonyl (C=O) groups excluding carboxylic acids is 2. The minimum Gasteiger partial charge on any atom is -0.375 e. The first-order chi connectivity index (χ1) is 11.8. The number of rotatable bonds is 5. The van der Waals surface area contributed by atoms with E-state index in [9.17, 15) is 18.4 Å². The van der Waals surface area contributed by atoms with E-state index in [0.29, 0.717) is 16.3 Å². The second-order valence-corrected chi connectivity index (χ2v) is 5.86. The van der Waals surface area contributed by atoms with Crippen molar-refractivity contribution in [2.45, 2.75) is 0 Å². The van der Waals surface area contributed by atoms with E-state index in [1.807, 2.05) is 0 Å². The Morgan fingerprint density at radius 1 is 1.08 bits per heavy atom. The molecule has 0 saturated heterocycles. The SMILES string of the molecule is CN(C)C(=O)c1ccc(Cl)cc1NCC(=O)Nc1ccc(F)c(F)c1. The first-order valence-corrected chi connectivity index (χ1v) is 7.65. The van der Waals surface area contributed by atoms with Crippen LogP contribution in [0.3, 0.4) is 0 Å². The van der Waals surface area contributed by atoms with Gasteiger partial charge >= 0.3 is 0 Å². The summed E-state index contributed by atoms with van der Waals surface area (Å²) in [5.41, 5.74) is 0.878. The van der Waals surface area contributed by atoms with E-state index in [0.717, 1.165) is 12.1 Å². The predicted molar refractivity (Wildman–Crippen MR) is 92.9 cm³/mol. The molecule has 0 spiro atoms. The van der Waals surface area contributed by atoms with Crippen LogP contribution in [0.2, 0.25) is 5.02 Å². The number of anilines is 2. The molecule has 0 aromatic heterocycles. The van der Waals surface area contributed by atoms with Gasteiger partial charge in [0, 0.05) is 36.6 Å². The molecule has 0 fully saturated rings. The molecule has 0 saturated carbocycles. The van der Waals surface area contributed by atoms with E-state index in [4.69, 9.17) is 11.6 Å². The highest BCUT2D eigenvalue weighted by Crippen LogP contribution is 2.22. The van der Waals surface area contributed by atoms with E-state index in [1.54, 1.807) is 26.2 Å². The topological polar surface area (TPSA) is 61.4 Å². The van der Waals surface area contributed by atoms with Gasteiger partial charge < -0.3 is 15.5 Å². The van der Waals surface area contributed by atoms with Gasteiger partial charge in [-0.15, -0.1) is 0 Å². The lowest BCUT2D eigenvalue weighted by molar-refractivity contribution is -0.114. The molecule has 25 heavy (non-hydrogen) atoms. The number of benzene rings is 2. The van der Waals surface area contributed by atoms with Crippen LogP contribution in [0.25, 0.3) is 0 Å². The Balaban J connectivity index is 2.07. The minimum atomic E-state index is -1.06. The number of amides is 2. The summed E-state index contributed by atoms with van der Waals surface area (Å²) in [6.45, 7) is -0.187. The van der Waals surface area contributed by atoms with E-state index in [2.05, 4.69) is 10.6 Å². The fraction of sp³-hybridized carbons (Fsp3) is 0.176. The summed E-state index contributed by atoms with van der Waals surface area (Å²) in [7, 11) is 3.22. The predicted octanol–water partition coefficient (Wildman–Crippen LogP) is 3.37. The van der Waals surface area contributed by atoms with Crippen LogP contribution >= 0.6 is 11.6 Å². The summed E-state index contributed by atoms with van der Waals surface area (Å²) in [6, 6.07) is 7.71. The molecule has 0 heterocycles. The number of hydrogen-bond acceptors (Lipinski definition) is 3. The summed E-state index contributed by atoms with van der Waals surface area (Å²) in [4.78, 5) is 25.5. The molecule has 0 unspecified atom stereocenters. The number of halogens is 3. The van der Waals surface area contributed by atoms with Gasteiger partial charge in [0.1, 0.15) is 0 Å². The van der Waals surface area contributed by atoms with Gasteiger partial charge in [0.05, 0.1) is 12.1 Å². The number of nitrogens with zero attached hydrogens (tertiary/aromatic N) is 1. The van der Waals surface area contributed by atoms with Crippen molar-refractivity contribution in [3.63, 3.8) is 0 Å². The van der Waals surface area contributed by atoms with Crippen molar-refractivity contribution in [3.05, 3.63) is 58.6 Å². The summed E-state index contributed by atoms with van der Waals surface area (Å²) < 4.78 is 26.0. The fourth-order valence-electron chi connectivity index (χ4n) is 2.04. The molecular formula is C17H16ClF2N3O2. The first kappa shape index (κ1) is 18.7. The Morgan fingerprint density at radius 2 is 1.80 bits per heavy atom. The van der Waals surface area contributed by atoms with Gasteiger partial charge in [0.2, 0.25) is 5.91 Å². The van der Waals surface area contributed by atoms with Crippen LogP contribution in [0.5, 0.6) is 0 Å². The first-order valence-electron chi connectivity index (χ1n) is 7.28. The molecule has 2 rings (SSSR count). The maximum absolute atomic E-state index is 13.1. The molecule has 0 bridgehead atoms. The van der Waals surface area contributed by atoms with E-state index >= 15 is 0 Å². The van der Waals surface area contributed by atoms with E-state index in [1.165, 1.54) is 17.0 Å². The van der Waals surface area contributed by atoms with Crippen molar-refractivity contribution in [1.82, 2.24) is 4.90 Å². The number of nitrogens with one attached hydrogen (secondary N) is 2. The summed E-state index contributed by atoms with van der Waals surface area (Å²) in [5.74, 6) is -2.80. The van der Waals surface area contributed by atoms with E-state index < -0.39 is 17.5 Å². The molecule has 2 amide bonds. The van der Waals surface area contributed by atoms with Crippen molar-refractivity contribution in [1.29, 1.82) is 0 Å². The van der Waals surface area contributed by atoms with Crippen LogP contribution in [0, 0.1) is 11.6 Å². The lowest BCUT2D eigenvalue weighted by atomic mass is 10.1. The van der Waals surface area contributed by atoms with Crippen molar-refractivity contribution in [3.8, 4) is 0 Å². The molecule has 8 heteroatoms. The Morgan fingerprint density at radius 3 is 2.44 bits per heavy atom. The van der Waals surface area contributed by atoms with Crippen LogP contribution in [0.4, 0.5) is 20.2 Å². The van der Waals surface area contributed by atoms with Crippen LogP contribution < -0.4 is 10.6 Å². The second kappa shape index (κ2) is 7.94. The van der Waals surface area contributed by atoms with Gasteiger partial charge in [-0.1, -0.05) is 11.6 Å². The second-order valence-electron chi connectivity index (χ2n) is 5.42. The van der Waals surface area contributed by atoms with Crippen molar-refractivity contribution in [2.24, 2.45) is 0 Å². The van der Waals surface area contributed by atoms with Gasteiger partial charge in [-0.3, -0.25) is 9.59 Å². The molecule has 5 nitrogen and oxygen atoms in total. The van der Waals surface area contributed by atoms with Gasteiger partial charge in [0.25, 0.3) is 5.91 Å². The van der Waals surface area contributed by atoms with Crippen LogP contribution in [-0.4, -0.2) is 37.4 Å². The summed E-state index contributed by atoms with van der Waals surface area (Å²) in [6.07, 6.45) is 0. The molecule has 0 aliphatic carbocycles. The third-order valence-electron chi connectivity index (χ3n) is 3.26. The maximum atomic E-state index is 13.1. The van der Waals surface area contributed by atoms with Gasteiger partial charge in [-0.2, -0.15) is 0 Å². The van der Waals surface area contributed by atoms with Crippen molar-refractivity contribution in [2.75, 3.05) is 31.3 Å². The smallest absolute Gasteiger partial charge is 0.255 e. The lowest BCUT2D eigenvalue weighted by Crippen LogP contribution is -2.25. The van der Waals surface area contributed by atoms with Crippen LogP contribution in [-0.2, 0) is 4.79 Å². The lowest BCUT2D eigenvalue weighted by Gasteiger charge is -2.15. The third kappa shape index (κ3) is 4.90. The molecule has 0 aliphatic heterocycles. The molecular weight excluding hydrogens is 352 g/mol. The summed E-state index contributed by atoms with van der Waals surface area (Å²) in [5, 5.41) is 5.66. The highest BCUT2D eigenvalue weighted by molar-refractivity contribution is 6.31. The molecule has 0 aliphatic rings. The van der Waals surface area contributed by atoms with Crippen molar-refractivity contribution >= 4 is 34.8 Å². The Bertz CT molecular complexity index is 812. The quantitative estimate of drug-likeness (QED) is 0.851. The zero-order valence-electron chi connectivity index (χ0n) is 13.6. The molecule has 0 radical (unpaired) electrons. The average Bonchev–Trinajstić information content (AvgIpc) is 2.55. The summed E-state index contributed by atoms with van der Waals surface area (Å²) >= 11 is 5.94. The molecule has 2 N–H and O–H groups in total. The Kier molecular flexibility index (Phi) is 5.93. The standard InChI is InChI=1S/C17H16ClF2N3O2/c1-23(2)17(25)12-5-3-10(18)7-15(12)21-9-16(24)22-11-4-6-13(19)14(20)8-11/h3-8,21H,9H2,1-2H3,(H,22,24). The van der Waals surface area contributed by atoms with Gasteiger partial charge in [0.15, 0.2) is 11.6 Å². The molecule has 2 aromatic carbocycles. The minimum absolute atomic E-state index is 0.126. The Hall–Kier alpha value is -2.67. The van der Waals surface area contributed by atoms with Crippen LogP contribution in [0.1, 0.15) is 10.4 Å². The number of hydrogen-bond donors (Lipinski definition) is 2. The fourth-order valence-corrected chi connectivity index (χ4v) is 2.22. The monoisotopic (exact) mass is 367 g/mol. The largest absolute Gasteiger partial charge is 0.375 e. The molecule has 132 valence electrons. The zero-order valence-corrected chi connectivity index (χ0v) is 14.3. The molecule has 2 aromatic rings. The normalized spacial score (nSPS) is 10.3. The maximum Gasteiger partial charge on any atom is 0.255 e. The van der Waals surface area contributed by atoms with Crippen LogP contribution in [0.15, 0.2) is 36.4 Å². The average molecular weight is 368 g/mol. The van der Waals surface area contributed by atoms with Crippen molar-refractivity contribution < 1.29 is 18.4 Å². The highest BCUT2D eigenvalue weighted by Gasteiger charge is 2.14. The Labute approximate surface area is 148 Å². The van der Waals surface area contributed by atoms with Gasteiger partial charge in [-0.25, -0.2) is 8.78 Å². The van der Waals surface area contributed by atoms with E-state index in [-0.39, 0.29) is 18.1 Å². The number of carbonyl (C=O) groups is 2. The molecule has 0 atom stereocenters. The third-order valence-corrected chi connectivity index (χ3v) is 3.50.